The summed E-state index contributed by atoms with van der Waals surface area (Å²) in [5.41, 5.74) is 17.4. The van der Waals surface area contributed by atoms with Crippen LogP contribution < -0.4 is 0 Å². The fourth-order valence-electron chi connectivity index (χ4n) is 9.93. The van der Waals surface area contributed by atoms with E-state index in [-0.39, 0.29) is 0 Å². The van der Waals surface area contributed by atoms with Crippen molar-refractivity contribution >= 4 is 32.8 Å². The molecule has 0 radical (unpaired) electrons. The summed E-state index contributed by atoms with van der Waals surface area (Å²) in [6.45, 7) is 0. The second-order valence-corrected chi connectivity index (χ2v) is 15.5. The van der Waals surface area contributed by atoms with Gasteiger partial charge in [0.2, 0.25) is 0 Å². The van der Waals surface area contributed by atoms with Gasteiger partial charge in [-0.3, -0.25) is 4.57 Å². The lowest BCUT2D eigenvalue weighted by Crippen LogP contribution is -2.29. The molecule has 11 aromatic rings. The summed E-state index contributed by atoms with van der Waals surface area (Å²) in [5.74, 6) is 0.938. The molecule has 276 valence electrons. The number of hydrogen-bond donors (Lipinski definition) is 0. The first-order valence-electron chi connectivity index (χ1n) is 20.3. The molecule has 3 heteroatoms. The summed E-state index contributed by atoms with van der Waals surface area (Å²) >= 11 is 0. The molecule has 0 unspecified atom stereocenters. The van der Waals surface area contributed by atoms with E-state index in [0.717, 1.165) is 39.4 Å². The van der Waals surface area contributed by atoms with E-state index in [1.54, 1.807) is 0 Å². The number of hydrogen-bond acceptors (Lipinski definition) is 1. The largest absolute Gasteiger partial charge is 0.309 e. The molecule has 2 aromatic heterocycles. The molecule has 1 aliphatic carbocycles. The van der Waals surface area contributed by atoms with E-state index in [0.29, 0.717) is 0 Å². The van der Waals surface area contributed by atoms with Crippen LogP contribution in [0.2, 0.25) is 0 Å². The van der Waals surface area contributed by atoms with Gasteiger partial charge >= 0.3 is 0 Å². The Hall–Kier alpha value is -7.75. The summed E-state index contributed by atoms with van der Waals surface area (Å²) in [5, 5.41) is 2.50. The maximum Gasteiger partial charge on any atom is 0.145 e. The highest BCUT2D eigenvalue weighted by molar-refractivity contribution is 6.14. The van der Waals surface area contributed by atoms with Crippen LogP contribution in [0, 0.1) is 0 Å². The number of rotatable bonds is 6. The summed E-state index contributed by atoms with van der Waals surface area (Å²) in [6.07, 6.45) is 0. The number of fused-ring (bicyclic) bond motifs is 8. The molecule has 0 spiro atoms. The molecule has 0 fully saturated rings. The van der Waals surface area contributed by atoms with Crippen LogP contribution in [0.4, 0.5) is 0 Å². The first-order chi connectivity index (χ1) is 29.3. The van der Waals surface area contributed by atoms with Gasteiger partial charge in [0, 0.05) is 33.3 Å². The summed E-state index contributed by atoms with van der Waals surface area (Å²) in [6, 6.07) is 81.6. The quantitative estimate of drug-likeness (QED) is 0.166. The second kappa shape index (κ2) is 13.2. The van der Waals surface area contributed by atoms with Crippen LogP contribution in [0.25, 0.3) is 77.9 Å². The van der Waals surface area contributed by atoms with Gasteiger partial charge in [0.25, 0.3) is 0 Å². The van der Waals surface area contributed by atoms with Crippen LogP contribution in [-0.2, 0) is 5.41 Å². The molecule has 12 rings (SSSR count). The molecular formula is C56H37N3. The minimum atomic E-state index is -0.525. The third-order valence-corrected chi connectivity index (χ3v) is 12.4. The van der Waals surface area contributed by atoms with Crippen molar-refractivity contribution in [1.82, 2.24) is 14.1 Å². The average molecular weight is 752 g/mol. The van der Waals surface area contributed by atoms with E-state index in [9.17, 15) is 0 Å². The van der Waals surface area contributed by atoms with Gasteiger partial charge in [-0.25, -0.2) is 4.98 Å². The first kappa shape index (κ1) is 33.4. The van der Waals surface area contributed by atoms with Gasteiger partial charge in [-0.2, -0.15) is 0 Å². The fraction of sp³-hybridized carbons (Fsp3) is 0.0179. The van der Waals surface area contributed by atoms with E-state index in [1.807, 2.05) is 6.07 Å². The molecule has 1 aliphatic rings. The zero-order valence-electron chi connectivity index (χ0n) is 32.2. The van der Waals surface area contributed by atoms with Crippen molar-refractivity contribution in [2.45, 2.75) is 5.41 Å². The molecule has 0 saturated carbocycles. The second-order valence-electron chi connectivity index (χ2n) is 15.5. The molecule has 0 bridgehead atoms. The van der Waals surface area contributed by atoms with Gasteiger partial charge in [0.1, 0.15) is 5.82 Å². The van der Waals surface area contributed by atoms with E-state index in [4.69, 9.17) is 4.98 Å². The molecule has 0 aliphatic heterocycles. The number of benzene rings is 9. The number of imidazole rings is 1. The molecule has 3 nitrogen and oxygen atoms in total. The molecule has 0 N–H and O–H groups in total. The smallest absolute Gasteiger partial charge is 0.145 e. The molecule has 0 atom stereocenters. The predicted molar refractivity (Wildman–Crippen MR) is 244 cm³/mol. The number of aromatic nitrogens is 3. The standard InChI is InChI=1S/C56H37N3/c1-4-16-40(17-5-1)55-57-50-25-13-15-27-52(50)59(55)44-34-30-39(31-35-44)38-28-32-43(33-29-38)58-51-26-14-11-23-46(51)48-37-36-47-45-22-10-12-24-49(45)56(53(47)54(48)58,41-18-6-2-7-19-41)42-20-8-3-9-21-42/h1-37H. The Morgan fingerprint density at radius 1 is 0.356 bits per heavy atom. The van der Waals surface area contributed by atoms with E-state index >= 15 is 0 Å². The normalized spacial score (nSPS) is 12.9. The zero-order chi connectivity index (χ0) is 38.9. The van der Waals surface area contributed by atoms with Crippen LogP contribution in [-0.4, -0.2) is 14.1 Å². The minimum Gasteiger partial charge on any atom is -0.309 e. The summed E-state index contributed by atoms with van der Waals surface area (Å²) in [7, 11) is 0. The predicted octanol–water partition coefficient (Wildman–Crippen LogP) is 13.8. The van der Waals surface area contributed by atoms with Gasteiger partial charge in [-0.15, -0.1) is 0 Å². The van der Waals surface area contributed by atoms with Crippen molar-refractivity contribution in [3.8, 4) is 45.0 Å². The van der Waals surface area contributed by atoms with Crippen LogP contribution in [0.1, 0.15) is 22.3 Å². The maximum atomic E-state index is 5.05. The Labute approximate surface area is 342 Å². The van der Waals surface area contributed by atoms with E-state index in [1.165, 1.54) is 60.8 Å². The lowest BCUT2D eigenvalue weighted by molar-refractivity contribution is 0.772. The van der Waals surface area contributed by atoms with E-state index in [2.05, 4.69) is 228 Å². The Balaban J connectivity index is 1.03. The monoisotopic (exact) mass is 751 g/mol. The highest BCUT2D eigenvalue weighted by Gasteiger charge is 2.48. The third-order valence-electron chi connectivity index (χ3n) is 12.4. The molecular weight excluding hydrogens is 715 g/mol. The van der Waals surface area contributed by atoms with Gasteiger partial charge < -0.3 is 4.57 Å². The van der Waals surface area contributed by atoms with Crippen molar-refractivity contribution in [2.24, 2.45) is 0 Å². The fourth-order valence-corrected chi connectivity index (χ4v) is 9.93. The maximum absolute atomic E-state index is 5.05. The van der Waals surface area contributed by atoms with Crippen molar-refractivity contribution in [2.75, 3.05) is 0 Å². The Morgan fingerprint density at radius 2 is 0.898 bits per heavy atom. The highest BCUT2D eigenvalue weighted by Crippen LogP contribution is 2.59. The SMILES string of the molecule is c1ccc(-c2nc3ccccc3n2-c2ccc(-c3ccc(-n4c5ccccc5c5ccc6c(c54)C(c4ccccc4)(c4ccccc4)c4ccccc4-6)cc3)cc2)cc1. The Bertz CT molecular complexity index is 3300. The van der Waals surface area contributed by atoms with Crippen molar-refractivity contribution in [3.63, 3.8) is 0 Å². The zero-order valence-corrected chi connectivity index (χ0v) is 32.2. The minimum absolute atomic E-state index is 0.525. The van der Waals surface area contributed by atoms with E-state index < -0.39 is 5.41 Å². The van der Waals surface area contributed by atoms with Crippen molar-refractivity contribution < 1.29 is 0 Å². The van der Waals surface area contributed by atoms with Gasteiger partial charge in [0.15, 0.2) is 0 Å². The average Bonchev–Trinajstić information content (AvgIpc) is 3.97. The molecule has 0 saturated heterocycles. The number of nitrogens with zero attached hydrogens (tertiary/aromatic N) is 3. The third kappa shape index (κ3) is 4.92. The number of para-hydroxylation sites is 3. The van der Waals surface area contributed by atoms with Gasteiger partial charge in [0.05, 0.1) is 27.5 Å². The van der Waals surface area contributed by atoms with Crippen LogP contribution in [0.15, 0.2) is 224 Å². The molecule has 0 amide bonds. The first-order valence-corrected chi connectivity index (χ1v) is 20.3. The summed E-state index contributed by atoms with van der Waals surface area (Å²) in [4.78, 5) is 5.05. The van der Waals surface area contributed by atoms with Crippen LogP contribution in [0.3, 0.4) is 0 Å². The van der Waals surface area contributed by atoms with Crippen molar-refractivity contribution in [3.05, 3.63) is 247 Å². The van der Waals surface area contributed by atoms with Crippen LogP contribution in [0.5, 0.6) is 0 Å². The summed E-state index contributed by atoms with van der Waals surface area (Å²) < 4.78 is 4.78. The molecule has 2 heterocycles. The highest BCUT2D eigenvalue weighted by atomic mass is 15.1. The Morgan fingerprint density at radius 3 is 1.58 bits per heavy atom. The van der Waals surface area contributed by atoms with Gasteiger partial charge in [-0.05, 0) is 81.4 Å². The molecule has 9 aromatic carbocycles. The topological polar surface area (TPSA) is 22.8 Å². The Kier molecular flexibility index (Phi) is 7.45. The molecule has 59 heavy (non-hydrogen) atoms. The lowest BCUT2D eigenvalue weighted by atomic mass is 9.67. The lowest BCUT2D eigenvalue weighted by Gasteiger charge is -2.34. The van der Waals surface area contributed by atoms with Crippen LogP contribution >= 0.6 is 0 Å². The van der Waals surface area contributed by atoms with Crippen molar-refractivity contribution in [1.29, 1.82) is 0 Å². The van der Waals surface area contributed by atoms with Gasteiger partial charge in [-0.1, -0.05) is 182 Å².